The molecule has 4 aromatic rings. The molecule has 0 N–H and O–H groups in total. The summed E-state index contributed by atoms with van der Waals surface area (Å²) in [6, 6.07) is 18.7. The number of hydrogen-bond donors (Lipinski definition) is 0. The van der Waals surface area contributed by atoms with E-state index in [1.165, 1.54) is 0 Å². The number of benzene rings is 3. The van der Waals surface area contributed by atoms with Crippen molar-refractivity contribution < 1.29 is 13.9 Å². The number of oxazole rings is 1. The summed E-state index contributed by atoms with van der Waals surface area (Å²) in [6.45, 7) is 11.4. The van der Waals surface area contributed by atoms with Crippen molar-refractivity contribution in [3.8, 4) is 17.2 Å². The van der Waals surface area contributed by atoms with Crippen molar-refractivity contribution in [2.24, 2.45) is 0 Å². The number of anilines is 1. The van der Waals surface area contributed by atoms with Gasteiger partial charge < -0.3 is 18.8 Å². The molecule has 5 rings (SSSR count). The molecule has 172 valence electrons. The fraction of sp³-hybridized carbons (Fsp3) is 0.370. The normalized spacial score (nSPS) is 14.7. The molecule has 6 heteroatoms. The smallest absolute Gasteiger partial charge is 0.227 e. The van der Waals surface area contributed by atoms with Crippen LogP contribution >= 0.6 is 0 Å². The number of ether oxygens (including phenoxy) is 2. The van der Waals surface area contributed by atoms with E-state index in [1.54, 1.807) is 0 Å². The van der Waals surface area contributed by atoms with Gasteiger partial charge in [0.2, 0.25) is 5.89 Å². The maximum atomic E-state index is 6.22. The van der Waals surface area contributed by atoms with Crippen molar-refractivity contribution in [2.45, 2.75) is 13.8 Å². The van der Waals surface area contributed by atoms with Crippen LogP contribution in [0, 0.1) is 0 Å². The van der Waals surface area contributed by atoms with E-state index in [0.29, 0.717) is 12.5 Å². The molecular weight excluding hydrogens is 414 g/mol. The topological polar surface area (TPSA) is 51.0 Å². The lowest BCUT2D eigenvalue weighted by Crippen LogP contribution is -2.38. The fourth-order valence-electron chi connectivity index (χ4n) is 4.47. The Labute approximate surface area is 194 Å². The highest BCUT2D eigenvalue weighted by Gasteiger charge is 2.14. The molecule has 0 atom stereocenters. The molecule has 1 fully saturated rings. The van der Waals surface area contributed by atoms with E-state index in [-0.39, 0.29) is 0 Å². The molecule has 2 heterocycles. The minimum Gasteiger partial charge on any atom is -0.492 e. The summed E-state index contributed by atoms with van der Waals surface area (Å²) in [5.74, 6) is 1.53. The van der Waals surface area contributed by atoms with Crippen LogP contribution in [0.2, 0.25) is 0 Å². The Balaban J connectivity index is 1.37. The Morgan fingerprint density at radius 2 is 1.85 bits per heavy atom. The second kappa shape index (κ2) is 9.81. The van der Waals surface area contributed by atoms with Gasteiger partial charge in [-0.2, -0.15) is 0 Å². The van der Waals surface area contributed by atoms with Crippen LogP contribution in [0.3, 0.4) is 0 Å². The molecule has 1 saturated heterocycles. The molecule has 0 spiro atoms. The molecule has 1 aliphatic heterocycles. The molecular formula is C27H31N3O3. The zero-order valence-corrected chi connectivity index (χ0v) is 19.4. The van der Waals surface area contributed by atoms with Crippen molar-refractivity contribution in [1.29, 1.82) is 0 Å². The average molecular weight is 446 g/mol. The SMILES string of the molecule is CCN(CC)c1ccc2nc(-c3cccc4cc(OCCN5CCOCC5)ccc34)oc2c1. The van der Waals surface area contributed by atoms with Gasteiger partial charge in [0.1, 0.15) is 17.9 Å². The first kappa shape index (κ1) is 21.7. The van der Waals surface area contributed by atoms with E-state index >= 15 is 0 Å². The lowest BCUT2D eigenvalue weighted by molar-refractivity contribution is 0.0322. The number of aromatic nitrogens is 1. The van der Waals surface area contributed by atoms with Crippen LogP contribution in [0.5, 0.6) is 5.75 Å². The number of morpholine rings is 1. The molecule has 33 heavy (non-hydrogen) atoms. The number of rotatable bonds is 8. The van der Waals surface area contributed by atoms with Gasteiger partial charge in [-0.15, -0.1) is 0 Å². The fourth-order valence-corrected chi connectivity index (χ4v) is 4.47. The Morgan fingerprint density at radius 1 is 1.00 bits per heavy atom. The van der Waals surface area contributed by atoms with Gasteiger partial charge in [-0.3, -0.25) is 4.90 Å². The maximum Gasteiger partial charge on any atom is 0.227 e. The first-order valence-corrected chi connectivity index (χ1v) is 11.9. The highest BCUT2D eigenvalue weighted by atomic mass is 16.5. The van der Waals surface area contributed by atoms with E-state index in [9.17, 15) is 0 Å². The van der Waals surface area contributed by atoms with E-state index in [4.69, 9.17) is 18.9 Å². The molecule has 0 unspecified atom stereocenters. The molecule has 0 saturated carbocycles. The van der Waals surface area contributed by atoms with Crippen molar-refractivity contribution >= 4 is 27.6 Å². The summed E-state index contributed by atoms with van der Waals surface area (Å²) in [6.07, 6.45) is 0. The highest BCUT2D eigenvalue weighted by molar-refractivity contribution is 5.96. The van der Waals surface area contributed by atoms with Crippen LogP contribution in [-0.2, 0) is 4.74 Å². The monoisotopic (exact) mass is 445 g/mol. The van der Waals surface area contributed by atoms with Gasteiger partial charge in [0.05, 0.1) is 13.2 Å². The minimum absolute atomic E-state index is 0.647. The summed E-state index contributed by atoms with van der Waals surface area (Å²) < 4.78 is 17.7. The molecule has 0 aliphatic carbocycles. The third-order valence-corrected chi connectivity index (χ3v) is 6.36. The Morgan fingerprint density at radius 3 is 2.67 bits per heavy atom. The summed E-state index contributed by atoms with van der Waals surface area (Å²) in [7, 11) is 0. The third-order valence-electron chi connectivity index (χ3n) is 6.36. The molecule has 1 aromatic heterocycles. The van der Waals surface area contributed by atoms with Crippen LogP contribution in [0.4, 0.5) is 5.69 Å². The lowest BCUT2D eigenvalue weighted by atomic mass is 10.0. The summed E-state index contributed by atoms with van der Waals surface area (Å²) in [5.41, 5.74) is 3.84. The predicted molar refractivity (Wildman–Crippen MR) is 133 cm³/mol. The van der Waals surface area contributed by atoms with Crippen molar-refractivity contribution in [2.75, 3.05) is 57.4 Å². The second-order valence-corrected chi connectivity index (χ2v) is 8.33. The third kappa shape index (κ3) is 4.68. The Hall–Kier alpha value is -3.09. The summed E-state index contributed by atoms with van der Waals surface area (Å²) >= 11 is 0. The van der Waals surface area contributed by atoms with Gasteiger partial charge in [0.25, 0.3) is 0 Å². The van der Waals surface area contributed by atoms with Crippen LogP contribution in [0.15, 0.2) is 59.0 Å². The maximum absolute atomic E-state index is 6.22. The average Bonchev–Trinajstić information content (AvgIpc) is 3.28. The Kier molecular flexibility index (Phi) is 6.46. The number of fused-ring (bicyclic) bond motifs is 2. The van der Waals surface area contributed by atoms with Crippen molar-refractivity contribution in [3.63, 3.8) is 0 Å². The zero-order chi connectivity index (χ0) is 22.6. The second-order valence-electron chi connectivity index (χ2n) is 8.33. The highest BCUT2D eigenvalue weighted by Crippen LogP contribution is 2.33. The van der Waals surface area contributed by atoms with Gasteiger partial charge in [-0.1, -0.05) is 12.1 Å². The van der Waals surface area contributed by atoms with Crippen LogP contribution in [-0.4, -0.2) is 62.4 Å². The molecule has 0 bridgehead atoms. The van der Waals surface area contributed by atoms with Gasteiger partial charge in [-0.25, -0.2) is 4.98 Å². The van der Waals surface area contributed by atoms with E-state index in [2.05, 4.69) is 60.0 Å². The Bertz CT molecular complexity index is 1230. The molecule has 1 aliphatic rings. The van der Waals surface area contributed by atoms with E-state index in [0.717, 1.165) is 84.8 Å². The largest absolute Gasteiger partial charge is 0.492 e. The van der Waals surface area contributed by atoms with Crippen LogP contribution < -0.4 is 9.64 Å². The number of nitrogens with zero attached hydrogens (tertiary/aromatic N) is 3. The van der Waals surface area contributed by atoms with E-state index in [1.807, 2.05) is 18.2 Å². The summed E-state index contributed by atoms with van der Waals surface area (Å²) in [5, 5.41) is 2.22. The van der Waals surface area contributed by atoms with E-state index < -0.39 is 0 Å². The van der Waals surface area contributed by atoms with Crippen molar-refractivity contribution in [1.82, 2.24) is 9.88 Å². The molecule has 6 nitrogen and oxygen atoms in total. The molecule has 0 amide bonds. The van der Waals surface area contributed by atoms with Gasteiger partial charge in [0.15, 0.2) is 5.58 Å². The standard InChI is InChI=1S/C27H31N3O3/c1-3-30(4-2)21-8-11-25-26(19-21)33-27(28-25)24-7-5-6-20-18-22(9-10-23(20)24)32-17-14-29-12-15-31-16-13-29/h5-11,18-19H,3-4,12-17H2,1-2H3. The first-order valence-electron chi connectivity index (χ1n) is 11.9. The zero-order valence-electron chi connectivity index (χ0n) is 19.4. The minimum atomic E-state index is 0.647. The number of hydrogen-bond acceptors (Lipinski definition) is 6. The van der Waals surface area contributed by atoms with Crippen LogP contribution in [0.25, 0.3) is 33.3 Å². The summed E-state index contributed by atoms with van der Waals surface area (Å²) in [4.78, 5) is 9.46. The molecule has 0 radical (unpaired) electrons. The lowest BCUT2D eigenvalue weighted by Gasteiger charge is -2.26. The van der Waals surface area contributed by atoms with Gasteiger partial charge in [-0.05, 0) is 61.0 Å². The first-order chi connectivity index (χ1) is 16.2. The molecule has 3 aromatic carbocycles. The quantitative estimate of drug-likeness (QED) is 0.371. The predicted octanol–water partition coefficient (Wildman–Crippen LogP) is 5.21. The van der Waals surface area contributed by atoms with Crippen molar-refractivity contribution in [3.05, 3.63) is 54.6 Å². The van der Waals surface area contributed by atoms with Gasteiger partial charge >= 0.3 is 0 Å². The van der Waals surface area contributed by atoms with Crippen LogP contribution in [0.1, 0.15) is 13.8 Å². The van der Waals surface area contributed by atoms with Gasteiger partial charge in [0, 0.05) is 50.0 Å².